The number of rotatable bonds is 12. The molecular formula is C28H52N2O4. The third-order valence-corrected chi connectivity index (χ3v) is 7.45. The van der Waals surface area contributed by atoms with Gasteiger partial charge in [-0.2, -0.15) is 0 Å². The SMILES string of the molecule is C1CCCCC1.CCC(C)CC(CC)(CC)C(=O)NCC(=O)N(C)[C@H](/C=C(\C)C(=O)O)C(C)C. The van der Waals surface area contributed by atoms with E-state index in [0.29, 0.717) is 5.92 Å². The molecule has 1 saturated carbocycles. The minimum Gasteiger partial charge on any atom is -0.478 e. The Kier molecular flexibility index (Phi) is 15.8. The van der Waals surface area contributed by atoms with Crippen molar-refractivity contribution in [2.45, 2.75) is 119 Å². The largest absolute Gasteiger partial charge is 0.478 e. The molecule has 0 aromatic heterocycles. The molecule has 0 radical (unpaired) electrons. The lowest BCUT2D eigenvalue weighted by molar-refractivity contribution is -0.137. The van der Waals surface area contributed by atoms with Crippen LogP contribution in [0, 0.1) is 17.3 Å². The number of carbonyl (C=O) groups excluding carboxylic acids is 2. The molecule has 6 nitrogen and oxygen atoms in total. The van der Waals surface area contributed by atoms with E-state index < -0.39 is 11.4 Å². The number of likely N-dealkylation sites (N-methyl/N-ethyl adjacent to an activating group) is 1. The molecule has 0 spiro atoms. The number of carboxylic acids is 1. The van der Waals surface area contributed by atoms with Gasteiger partial charge in [-0.1, -0.05) is 92.6 Å². The van der Waals surface area contributed by atoms with Crippen LogP contribution < -0.4 is 5.32 Å². The Morgan fingerprint density at radius 1 is 0.971 bits per heavy atom. The number of aliphatic carboxylic acids is 1. The summed E-state index contributed by atoms with van der Waals surface area (Å²) >= 11 is 0. The Bertz CT molecular complexity index is 637. The van der Waals surface area contributed by atoms with E-state index in [1.165, 1.54) is 50.3 Å². The second-order valence-corrected chi connectivity index (χ2v) is 10.4. The first-order valence-electron chi connectivity index (χ1n) is 13.4. The molecule has 1 aliphatic rings. The van der Waals surface area contributed by atoms with Crippen molar-refractivity contribution in [2.24, 2.45) is 17.3 Å². The van der Waals surface area contributed by atoms with Gasteiger partial charge in [-0.05, 0) is 38.0 Å². The molecule has 0 aromatic rings. The number of hydrogen-bond acceptors (Lipinski definition) is 3. The summed E-state index contributed by atoms with van der Waals surface area (Å²) in [6.45, 7) is 13.6. The van der Waals surface area contributed by atoms with E-state index in [9.17, 15) is 14.4 Å². The maximum absolute atomic E-state index is 12.9. The van der Waals surface area contributed by atoms with Crippen molar-refractivity contribution < 1.29 is 19.5 Å². The van der Waals surface area contributed by atoms with Crippen molar-refractivity contribution in [3.05, 3.63) is 11.6 Å². The molecule has 0 bridgehead atoms. The maximum Gasteiger partial charge on any atom is 0.331 e. The third kappa shape index (κ3) is 11.1. The van der Waals surface area contributed by atoms with Crippen LogP contribution in [0.25, 0.3) is 0 Å². The predicted octanol–water partition coefficient (Wildman–Crippen LogP) is 6.20. The summed E-state index contributed by atoms with van der Waals surface area (Å²) in [5, 5.41) is 12.0. The number of nitrogens with zero attached hydrogens (tertiary/aromatic N) is 1. The molecule has 198 valence electrons. The average molecular weight is 481 g/mol. The lowest BCUT2D eigenvalue weighted by atomic mass is 9.74. The normalized spacial score (nSPS) is 16.2. The van der Waals surface area contributed by atoms with Gasteiger partial charge < -0.3 is 15.3 Å². The molecule has 1 unspecified atom stereocenters. The Morgan fingerprint density at radius 3 is 1.79 bits per heavy atom. The van der Waals surface area contributed by atoms with Gasteiger partial charge in [0.15, 0.2) is 0 Å². The smallest absolute Gasteiger partial charge is 0.331 e. The quantitative estimate of drug-likeness (QED) is 0.326. The molecule has 1 fully saturated rings. The molecule has 0 heterocycles. The Balaban J connectivity index is 0.00000156. The molecule has 34 heavy (non-hydrogen) atoms. The Hall–Kier alpha value is -1.85. The Morgan fingerprint density at radius 2 is 1.44 bits per heavy atom. The zero-order valence-electron chi connectivity index (χ0n) is 23.2. The molecule has 1 rings (SSSR count). The van der Waals surface area contributed by atoms with E-state index in [1.807, 2.05) is 27.7 Å². The van der Waals surface area contributed by atoms with Crippen molar-refractivity contribution in [1.29, 1.82) is 0 Å². The van der Waals surface area contributed by atoms with Crippen LogP contribution >= 0.6 is 0 Å². The van der Waals surface area contributed by atoms with Crippen molar-refractivity contribution in [1.82, 2.24) is 10.2 Å². The first-order chi connectivity index (χ1) is 15.9. The second kappa shape index (κ2) is 16.7. The molecule has 1 aliphatic carbocycles. The first-order valence-corrected chi connectivity index (χ1v) is 13.4. The van der Waals surface area contributed by atoms with Gasteiger partial charge in [0.1, 0.15) is 0 Å². The lowest BCUT2D eigenvalue weighted by Crippen LogP contribution is -2.48. The minimum atomic E-state index is -1.000. The maximum atomic E-state index is 12.9. The van der Waals surface area contributed by atoms with Crippen molar-refractivity contribution in [3.63, 3.8) is 0 Å². The number of nitrogens with one attached hydrogen (secondary N) is 1. The summed E-state index contributed by atoms with van der Waals surface area (Å²) < 4.78 is 0. The van der Waals surface area contributed by atoms with Gasteiger partial charge >= 0.3 is 5.97 Å². The summed E-state index contributed by atoms with van der Waals surface area (Å²) in [5.41, 5.74) is -0.252. The van der Waals surface area contributed by atoms with Crippen molar-refractivity contribution in [2.75, 3.05) is 13.6 Å². The van der Waals surface area contributed by atoms with E-state index in [1.54, 1.807) is 13.1 Å². The van der Waals surface area contributed by atoms with Gasteiger partial charge in [0, 0.05) is 18.0 Å². The first kappa shape index (κ1) is 32.1. The summed E-state index contributed by atoms with van der Waals surface area (Å²) in [5.74, 6) is -0.808. The van der Waals surface area contributed by atoms with Gasteiger partial charge in [0.2, 0.25) is 11.8 Å². The van der Waals surface area contributed by atoms with Gasteiger partial charge in [0.25, 0.3) is 0 Å². The van der Waals surface area contributed by atoms with Crippen LogP contribution in [0.5, 0.6) is 0 Å². The molecule has 6 heteroatoms. The second-order valence-electron chi connectivity index (χ2n) is 10.4. The fourth-order valence-corrected chi connectivity index (χ4v) is 4.54. The summed E-state index contributed by atoms with van der Waals surface area (Å²) in [6.07, 6.45) is 13.9. The number of hydrogen-bond donors (Lipinski definition) is 2. The van der Waals surface area contributed by atoms with E-state index in [2.05, 4.69) is 19.2 Å². The van der Waals surface area contributed by atoms with Crippen LogP contribution in [0.2, 0.25) is 0 Å². The molecule has 0 aliphatic heterocycles. The molecular weight excluding hydrogens is 428 g/mol. The summed E-state index contributed by atoms with van der Waals surface area (Å²) in [4.78, 5) is 38.2. The van der Waals surface area contributed by atoms with E-state index in [4.69, 9.17) is 5.11 Å². The van der Waals surface area contributed by atoms with Gasteiger partial charge in [-0.25, -0.2) is 4.79 Å². The highest BCUT2D eigenvalue weighted by Gasteiger charge is 2.36. The van der Waals surface area contributed by atoms with Crippen LogP contribution in [0.1, 0.15) is 113 Å². The monoisotopic (exact) mass is 480 g/mol. The molecule has 2 atom stereocenters. The van der Waals surface area contributed by atoms with Gasteiger partial charge in [-0.3, -0.25) is 9.59 Å². The topological polar surface area (TPSA) is 86.7 Å². The van der Waals surface area contributed by atoms with Crippen LogP contribution in [-0.2, 0) is 14.4 Å². The van der Waals surface area contributed by atoms with Crippen molar-refractivity contribution >= 4 is 17.8 Å². The highest BCUT2D eigenvalue weighted by Crippen LogP contribution is 2.35. The lowest BCUT2D eigenvalue weighted by Gasteiger charge is -2.33. The highest BCUT2D eigenvalue weighted by molar-refractivity contribution is 5.88. The zero-order valence-corrected chi connectivity index (χ0v) is 23.2. The third-order valence-electron chi connectivity index (χ3n) is 7.45. The standard InChI is InChI=1S/C22H40N2O4.C6H12/c1-9-16(6)13-22(10-2,11-3)21(28)23-14-19(25)24(8)18(15(4)5)12-17(7)20(26)27;1-2-4-6-5-3-1/h12,15-16,18H,9-11,13-14H2,1-8H3,(H,23,28)(H,26,27);1-6H2/b17-12+;/t16?,18-;/m1./s1. The van der Waals surface area contributed by atoms with Crippen LogP contribution in [0.4, 0.5) is 0 Å². The van der Waals surface area contributed by atoms with Gasteiger partial charge in [0.05, 0.1) is 12.6 Å². The van der Waals surface area contributed by atoms with Crippen LogP contribution in [-0.4, -0.2) is 47.4 Å². The Labute approximate surface area is 208 Å². The van der Waals surface area contributed by atoms with E-state index in [0.717, 1.165) is 25.7 Å². The molecule has 2 amide bonds. The van der Waals surface area contributed by atoms with Crippen LogP contribution in [0.15, 0.2) is 11.6 Å². The molecule has 2 N–H and O–H groups in total. The number of carbonyl (C=O) groups is 3. The number of carboxylic acid groups (broad SMARTS) is 1. The van der Waals surface area contributed by atoms with E-state index in [-0.39, 0.29) is 35.9 Å². The van der Waals surface area contributed by atoms with Crippen molar-refractivity contribution in [3.8, 4) is 0 Å². The molecule has 0 saturated heterocycles. The highest BCUT2D eigenvalue weighted by atomic mass is 16.4. The minimum absolute atomic E-state index is 0.0507. The summed E-state index contributed by atoms with van der Waals surface area (Å²) in [6, 6.07) is -0.345. The summed E-state index contributed by atoms with van der Waals surface area (Å²) in [7, 11) is 1.65. The van der Waals surface area contributed by atoms with E-state index >= 15 is 0 Å². The van der Waals surface area contributed by atoms with Gasteiger partial charge in [-0.15, -0.1) is 0 Å². The molecule has 0 aromatic carbocycles. The zero-order chi connectivity index (χ0) is 26.3. The average Bonchev–Trinajstić information content (AvgIpc) is 2.84. The number of amides is 2. The fraction of sp³-hybridized carbons (Fsp3) is 0.821. The fourth-order valence-electron chi connectivity index (χ4n) is 4.54. The predicted molar refractivity (Wildman–Crippen MR) is 141 cm³/mol. The van der Waals surface area contributed by atoms with Crippen LogP contribution in [0.3, 0.4) is 0 Å².